The lowest BCUT2D eigenvalue weighted by Crippen LogP contribution is -2.27. The van der Waals surface area contributed by atoms with Crippen molar-refractivity contribution in [2.75, 3.05) is 57.4 Å². The van der Waals surface area contributed by atoms with Crippen LogP contribution in [0.2, 0.25) is 0 Å². The summed E-state index contributed by atoms with van der Waals surface area (Å²) >= 11 is 0. The van der Waals surface area contributed by atoms with Crippen molar-refractivity contribution in [2.24, 2.45) is 0 Å². The molecule has 1 aromatic heterocycles. The number of nitrogens with zero attached hydrogens (tertiary/aromatic N) is 1. The highest BCUT2D eigenvalue weighted by Gasteiger charge is 2.18. The third-order valence-electron chi connectivity index (χ3n) is 6.26. The molecule has 250 valence electrons. The van der Waals surface area contributed by atoms with E-state index in [1.165, 1.54) is 0 Å². The molecule has 0 aliphatic rings. The summed E-state index contributed by atoms with van der Waals surface area (Å²) in [6, 6.07) is 20.2. The van der Waals surface area contributed by atoms with Gasteiger partial charge in [0.15, 0.2) is 0 Å². The largest absolute Gasteiger partial charge is 0.497 e. The second-order valence-electron chi connectivity index (χ2n) is 11.1. The highest BCUT2D eigenvalue weighted by atomic mass is 16.6. The molecule has 0 aliphatic carbocycles. The van der Waals surface area contributed by atoms with Gasteiger partial charge in [0.25, 0.3) is 0 Å². The first-order chi connectivity index (χ1) is 22.6. The molecular weight excluding hydrogens is 606 g/mol. The summed E-state index contributed by atoms with van der Waals surface area (Å²) in [4.78, 5) is 28.1. The maximum Gasteiger partial charge on any atom is 0.412 e. The van der Waals surface area contributed by atoms with E-state index in [1.54, 1.807) is 50.6 Å². The van der Waals surface area contributed by atoms with E-state index >= 15 is 0 Å². The summed E-state index contributed by atoms with van der Waals surface area (Å²) < 4.78 is 38.6. The van der Waals surface area contributed by atoms with E-state index in [-0.39, 0.29) is 13.2 Å². The summed E-state index contributed by atoms with van der Waals surface area (Å²) in [6.07, 6.45) is 1.11. The van der Waals surface area contributed by atoms with Crippen molar-refractivity contribution in [3.8, 4) is 23.0 Å². The molecule has 4 rings (SSSR count). The lowest BCUT2D eigenvalue weighted by atomic mass is 10.1. The zero-order valence-corrected chi connectivity index (χ0v) is 27.3. The molecule has 0 saturated heterocycles. The second kappa shape index (κ2) is 17.0. The molecular formula is C35H41N3O9. The first kappa shape index (κ1) is 34.8. The first-order valence-corrected chi connectivity index (χ1v) is 15.2. The first-order valence-electron chi connectivity index (χ1n) is 15.2. The SMILES string of the molecule is CCOC(=O)COCCOCCOc1cc(Nc2cc(Oc3ccc(NC(=O)OC(C)(C)C)c4ccccc34)ccn2)cc(OC)c1. The number of methoxy groups -OCH3 is 1. The van der Waals surface area contributed by atoms with Crippen LogP contribution in [0.15, 0.2) is 72.9 Å². The van der Waals surface area contributed by atoms with Crippen LogP contribution in [-0.2, 0) is 23.7 Å². The molecule has 3 aromatic carbocycles. The van der Waals surface area contributed by atoms with Gasteiger partial charge in [-0.2, -0.15) is 0 Å². The molecule has 47 heavy (non-hydrogen) atoms. The molecule has 0 atom stereocenters. The van der Waals surface area contributed by atoms with Crippen molar-refractivity contribution in [1.29, 1.82) is 0 Å². The van der Waals surface area contributed by atoms with Gasteiger partial charge in [0.05, 0.1) is 39.2 Å². The van der Waals surface area contributed by atoms with Crippen LogP contribution in [0.5, 0.6) is 23.0 Å². The van der Waals surface area contributed by atoms with E-state index in [0.29, 0.717) is 66.6 Å². The fourth-order valence-electron chi connectivity index (χ4n) is 4.34. The minimum atomic E-state index is -0.616. The van der Waals surface area contributed by atoms with Crippen LogP contribution in [0.3, 0.4) is 0 Å². The van der Waals surface area contributed by atoms with Crippen LogP contribution in [0, 0.1) is 0 Å². The van der Waals surface area contributed by atoms with Gasteiger partial charge in [0.2, 0.25) is 0 Å². The number of carbonyl (C=O) groups excluding carboxylic acids is 2. The molecule has 0 unspecified atom stereocenters. The summed E-state index contributed by atoms with van der Waals surface area (Å²) in [6.45, 7) is 8.63. The smallest absolute Gasteiger partial charge is 0.412 e. The molecule has 0 fully saturated rings. The highest BCUT2D eigenvalue weighted by molar-refractivity contribution is 6.02. The minimum Gasteiger partial charge on any atom is -0.497 e. The van der Waals surface area contributed by atoms with Crippen molar-refractivity contribution < 1.29 is 42.7 Å². The maximum atomic E-state index is 12.4. The Morgan fingerprint density at radius 2 is 1.57 bits per heavy atom. The van der Waals surface area contributed by atoms with Gasteiger partial charge in [0.1, 0.15) is 47.6 Å². The standard InChI is InChI=1S/C35H41N3O9/c1-6-44-33(39)23-43-16-15-42-17-18-45-27-20-24(19-26(21-27)41-5)37-32-22-25(13-14-36-32)46-31-12-11-30(28-9-7-8-10-29(28)31)38-34(40)47-35(2,3)4/h7-14,19-22H,6,15-18,23H2,1-5H3,(H,36,37)(H,38,40). The molecule has 0 bridgehead atoms. The minimum absolute atomic E-state index is 0.101. The van der Waals surface area contributed by atoms with Gasteiger partial charge in [-0.3, -0.25) is 5.32 Å². The van der Waals surface area contributed by atoms with Gasteiger partial charge in [-0.25, -0.2) is 14.6 Å². The third-order valence-corrected chi connectivity index (χ3v) is 6.26. The number of fused-ring (bicyclic) bond motifs is 1. The number of rotatable bonds is 16. The van der Waals surface area contributed by atoms with Crippen molar-refractivity contribution in [2.45, 2.75) is 33.3 Å². The molecule has 2 N–H and O–H groups in total. The Hall–Kier alpha value is -5.07. The normalized spacial score (nSPS) is 11.1. The predicted molar refractivity (Wildman–Crippen MR) is 178 cm³/mol. The third kappa shape index (κ3) is 11.3. The Bertz CT molecular complexity index is 1640. The Balaban J connectivity index is 1.36. The fraction of sp³-hybridized carbons (Fsp3) is 0.343. The number of pyridine rings is 1. The number of carbonyl (C=O) groups is 2. The van der Waals surface area contributed by atoms with Crippen LogP contribution in [0.4, 0.5) is 22.0 Å². The molecule has 1 heterocycles. The molecule has 0 spiro atoms. The number of amides is 1. The zero-order valence-electron chi connectivity index (χ0n) is 27.3. The lowest BCUT2D eigenvalue weighted by Gasteiger charge is -2.20. The van der Waals surface area contributed by atoms with Crippen molar-refractivity contribution >= 4 is 40.0 Å². The van der Waals surface area contributed by atoms with E-state index in [1.807, 2.05) is 57.2 Å². The van der Waals surface area contributed by atoms with Crippen LogP contribution < -0.4 is 24.8 Å². The number of benzene rings is 3. The van der Waals surface area contributed by atoms with Gasteiger partial charge in [-0.15, -0.1) is 0 Å². The zero-order chi connectivity index (χ0) is 33.6. The molecule has 0 radical (unpaired) electrons. The van der Waals surface area contributed by atoms with Crippen LogP contribution in [-0.4, -0.2) is 69.4 Å². The van der Waals surface area contributed by atoms with E-state index < -0.39 is 17.7 Å². The Labute approximate surface area is 274 Å². The number of hydrogen-bond acceptors (Lipinski definition) is 11. The van der Waals surface area contributed by atoms with E-state index in [4.69, 9.17) is 33.2 Å². The number of nitrogens with one attached hydrogen (secondary N) is 2. The number of esters is 1. The summed E-state index contributed by atoms with van der Waals surface area (Å²) in [7, 11) is 1.58. The summed E-state index contributed by atoms with van der Waals surface area (Å²) in [5, 5.41) is 7.73. The highest BCUT2D eigenvalue weighted by Crippen LogP contribution is 2.35. The quantitative estimate of drug-likeness (QED) is 0.0952. The predicted octanol–water partition coefficient (Wildman–Crippen LogP) is 7.10. The average molecular weight is 648 g/mol. The lowest BCUT2D eigenvalue weighted by molar-refractivity contribution is -0.148. The number of anilines is 3. The van der Waals surface area contributed by atoms with Crippen molar-refractivity contribution in [3.05, 3.63) is 72.9 Å². The van der Waals surface area contributed by atoms with Gasteiger partial charge in [-0.05, 0) is 45.9 Å². The molecule has 1 amide bonds. The van der Waals surface area contributed by atoms with E-state index in [9.17, 15) is 9.59 Å². The molecule has 0 saturated carbocycles. The Morgan fingerprint density at radius 1 is 0.830 bits per heavy atom. The molecule has 4 aromatic rings. The van der Waals surface area contributed by atoms with Gasteiger partial charge < -0.3 is 38.5 Å². The maximum absolute atomic E-state index is 12.4. The van der Waals surface area contributed by atoms with Gasteiger partial charge in [-0.1, -0.05) is 24.3 Å². The fourth-order valence-corrected chi connectivity index (χ4v) is 4.34. The topological polar surface area (TPSA) is 136 Å². The van der Waals surface area contributed by atoms with Gasteiger partial charge >= 0.3 is 12.1 Å². The molecule has 12 nitrogen and oxygen atoms in total. The Kier molecular flexibility index (Phi) is 12.6. The number of ether oxygens (including phenoxy) is 7. The summed E-state index contributed by atoms with van der Waals surface area (Å²) in [5.74, 6) is 2.48. The molecule has 12 heteroatoms. The van der Waals surface area contributed by atoms with Crippen molar-refractivity contribution in [3.63, 3.8) is 0 Å². The Morgan fingerprint density at radius 3 is 2.34 bits per heavy atom. The number of hydrogen-bond donors (Lipinski definition) is 2. The average Bonchev–Trinajstić information content (AvgIpc) is 3.03. The molecule has 0 aliphatic heterocycles. The monoisotopic (exact) mass is 647 g/mol. The van der Waals surface area contributed by atoms with E-state index in [0.717, 1.165) is 10.8 Å². The van der Waals surface area contributed by atoms with E-state index in [2.05, 4.69) is 15.6 Å². The van der Waals surface area contributed by atoms with Crippen molar-refractivity contribution in [1.82, 2.24) is 4.98 Å². The van der Waals surface area contributed by atoms with Crippen LogP contribution in [0.25, 0.3) is 10.8 Å². The van der Waals surface area contributed by atoms with Crippen LogP contribution in [0.1, 0.15) is 27.7 Å². The summed E-state index contributed by atoms with van der Waals surface area (Å²) in [5.41, 5.74) is 0.692. The number of aromatic nitrogens is 1. The van der Waals surface area contributed by atoms with Crippen LogP contribution >= 0.6 is 0 Å². The van der Waals surface area contributed by atoms with Gasteiger partial charge in [0, 0.05) is 46.9 Å². The second-order valence-corrected chi connectivity index (χ2v) is 11.1.